The Bertz CT molecular complexity index is 217. The van der Waals surface area contributed by atoms with Crippen LogP contribution in [0.2, 0.25) is 0 Å². The van der Waals surface area contributed by atoms with Gasteiger partial charge >= 0.3 is 0 Å². The molecule has 0 bridgehead atoms. The summed E-state index contributed by atoms with van der Waals surface area (Å²) in [6, 6.07) is 0. The zero-order chi connectivity index (χ0) is 14.1. The lowest BCUT2D eigenvalue weighted by molar-refractivity contribution is 0.249. The number of nitrogens with one attached hydrogen (secondary N) is 1. The SMILES string of the molecule is CCCCCC(C)(C)CNCC1CCC(CN)CC1. The predicted octanol–water partition coefficient (Wildman–Crippen LogP) is 3.95. The van der Waals surface area contributed by atoms with E-state index in [1.54, 1.807) is 0 Å². The van der Waals surface area contributed by atoms with Gasteiger partial charge < -0.3 is 11.1 Å². The minimum absolute atomic E-state index is 0.462. The highest BCUT2D eigenvalue weighted by Crippen LogP contribution is 2.28. The largest absolute Gasteiger partial charge is 0.330 e. The molecule has 0 unspecified atom stereocenters. The Kier molecular flexibility index (Phi) is 8.01. The van der Waals surface area contributed by atoms with Crippen LogP contribution in [0, 0.1) is 17.3 Å². The number of nitrogens with two attached hydrogens (primary N) is 1. The van der Waals surface area contributed by atoms with Gasteiger partial charge in [-0.05, 0) is 62.4 Å². The summed E-state index contributed by atoms with van der Waals surface area (Å²) in [7, 11) is 0. The minimum atomic E-state index is 0.462. The van der Waals surface area contributed by atoms with E-state index in [9.17, 15) is 0 Å². The average Bonchev–Trinajstić information content (AvgIpc) is 2.39. The zero-order valence-electron chi connectivity index (χ0n) is 13.5. The Morgan fingerprint density at radius 3 is 2.26 bits per heavy atom. The maximum Gasteiger partial charge on any atom is 0.000263 e. The van der Waals surface area contributed by atoms with Crippen LogP contribution in [-0.4, -0.2) is 19.6 Å². The molecule has 0 heterocycles. The smallest absolute Gasteiger partial charge is 0.000263 e. The van der Waals surface area contributed by atoms with E-state index in [1.165, 1.54) is 64.5 Å². The predicted molar refractivity (Wildman–Crippen MR) is 85.3 cm³/mol. The van der Waals surface area contributed by atoms with Gasteiger partial charge in [0.05, 0.1) is 0 Å². The Hall–Kier alpha value is -0.0800. The molecule has 0 amide bonds. The van der Waals surface area contributed by atoms with E-state index in [2.05, 4.69) is 26.1 Å². The summed E-state index contributed by atoms with van der Waals surface area (Å²) in [6.45, 7) is 10.4. The maximum atomic E-state index is 5.75. The molecule has 0 saturated heterocycles. The van der Waals surface area contributed by atoms with E-state index in [0.29, 0.717) is 5.41 Å². The summed E-state index contributed by atoms with van der Waals surface area (Å²) in [5.41, 5.74) is 6.21. The van der Waals surface area contributed by atoms with Crippen molar-refractivity contribution in [3.8, 4) is 0 Å². The van der Waals surface area contributed by atoms with E-state index < -0.39 is 0 Å². The van der Waals surface area contributed by atoms with Crippen molar-refractivity contribution in [3.05, 3.63) is 0 Å². The van der Waals surface area contributed by atoms with Gasteiger partial charge in [0.2, 0.25) is 0 Å². The molecule has 3 N–H and O–H groups in total. The summed E-state index contributed by atoms with van der Waals surface area (Å²) >= 11 is 0. The minimum Gasteiger partial charge on any atom is -0.330 e. The third kappa shape index (κ3) is 7.31. The van der Waals surface area contributed by atoms with Gasteiger partial charge in [0.25, 0.3) is 0 Å². The Morgan fingerprint density at radius 1 is 1.05 bits per heavy atom. The molecule has 114 valence electrons. The molecule has 0 aromatic rings. The van der Waals surface area contributed by atoms with E-state index in [4.69, 9.17) is 5.73 Å². The van der Waals surface area contributed by atoms with Gasteiger partial charge in [-0.25, -0.2) is 0 Å². The second-order valence-electron chi connectivity index (χ2n) is 7.37. The highest BCUT2D eigenvalue weighted by atomic mass is 14.9. The lowest BCUT2D eigenvalue weighted by Gasteiger charge is -2.30. The number of unbranched alkanes of at least 4 members (excludes halogenated alkanes) is 2. The molecular weight excluding hydrogens is 232 g/mol. The fraction of sp³-hybridized carbons (Fsp3) is 1.00. The number of hydrogen-bond donors (Lipinski definition) is 2. The van der Waals surface area contributed by atoms with Gasteiger partial charge in [0.1, 0.15) is 0 Å². The van der Waals surface area contributed by atoms with Crippen molar-refractivity contribution in [3.63, 3.8) is 0 Å². The highest BCUT2D eigenvalue weighted by Gasteiger charge is 2.21. The van der Waals surface area contributed by atoms with E-state index in [-0.39, 0.29) is 0 Å². The molecule has 1 saturated carbocycles. The van der Waals surface area contributed by atoms with Crippen LogP contribution in [0.25, 0.3) is 0 Å². The van der Waals surface area contributed by atoms with Crippen molar-refractivity contribution in [2.45, 2.75) is 72.1 Å². The Labute approximate surface area is 120 Å². The van der Waals surface area contributed by atoms with Crippen LogP contribution < -0.4 is 11.1 Å². The first kappa shape index (κ1) is 17.0. The molecule has 2 nitrogen and oxygen atoms in total. The maximum absolute atomic E-state index is 5.75. The van der Waals surface area contributed by atoms with Crippen LogP contribution >= 0.6 is 0 Å². The summed E-state index contributed by atoms with van der Waals surface area (Å²) in [4.78, 5) is 0. The lowest BCUT2D eigenvalue weighted by Crippen LogP contribution is -2.34. The molecule has 0 spiro atoms. The molecule has 2 heteroatoms. The van der Waals surface area contributed by atoms with Crippen molar-refractivity contribution in [1.82, 2.24) is 5.32 Å². The van der Waals surface area contributed by atoms with Crippen molar-refractivity contribution in [2.24, 2.45) is 23.0 Å². The Balaban J connectivity index is 2.09. The van der Waals surface area contributed by atoms with Gasteiger partial charge in [-0.2, -0.15) is 0 Å². The summed E-state index contributed by atoms with van der Waals surface area (Å²) in [5, 5.41) is 3.72. The third-order valence-electron chi connectivity index (χ3n) is 4.79. The van der Waals surface area contributed by atoms with Gasteiger partial charge in [0, 0.05) is 6.54 Å². The van der Waals surface area contributed by atoms with Crippen LogP contribution in [0.15, 0.2) is 0 Å². The molecule has 1 aliphatic carbocycles. The molecule has 0 aliphatic heterocycles. The third-order valence-corrected chi connectivity index (χ3v) is 4.79. The van der Waals surface area contributed by atoms with Crippen LogP contribution in [0.3, 0.4) is 0 Å². The van der Waals surface area contributed by atoms with Crippen LogP contribution in [-0.2, 0) is 0 Å². The number of rotatable bonds is 9. The lowest BCUT2D eigenvalue weighted by atomic mass is 9.81. The van der Waals surface area contributed by atoms with Crippen LogP contribution in [0.4, 0.5) is 0 Å². The monoisotopic (exact) mass is 268 g/mol. The molecule has 0 aromatic carbocycles. The van der Waals surface area contributed by atoms with Crippen molar-refractivity contribution in [2.75, 3.05) is 19.6 Å². The van der Waals surface area contributed by atoms with Gasteiger partial charge in [-0.15, -0.1) is 0 Å². The van der Waals surface area contributed by atoms with E-state index in [1.807, 2.05) is 0 Å². The zero-order valence-corrected chi connectivity index (χ0v) is 13.5. The second kappa shape index (κ2) is 8.97. The first-order valence-corrected chi connectivity index (χ1v) is 8.48. The molecule has 1 rings (SSSR count). The highest BCUT2D eigenvalue weighted by molar-refractivity contribution is 4.77. The molecule has 0 radical (unpaired) electrons. The quantitative estimate of drug-likeness (QED) is 0.621. The summed E-state index contributed by atoms with van der Waals surface area (Å²) in [6.07, 6.45) is 10.9. The number of hydrogen-bond acceptors (Lipinski definition) is 2. The fourth-order valence-corrected chi connectivity index (χ4v) is 3.23. The van der Waals surface area contributed by atoms with Crippen LogP contribution in [0.5, 0.6) is 0 Å². The molecule has 0 aromatic heterocycles. The fourth-order valence-electron chi connectivity index (χ4n) is 3.23. The standard InChI is InChI=1S/C17H36N2/c1-4-5-6-11-17(2,3)14-19-13-16-9-7-15(12-18)8-10-16/h15-16,19H,4-14,18H2,1-3H3. The molecule has 1 fully saturated rings. The molecule has 0 atom stereocenters. The first-order valence-electron chi connectivity index (χ1n) is 8.48. The first-order chi connectivity index (χ1) is 9.07. The van der Waals surface area contributed by atoms with Crippen LogP contribution in [0.1, 0.15) is 72.1 Å². The molecule has 19 heavy (non-hydrogen) atoms. The second-order valence-corrected chi connectivity index (χ2v) is 7.37. The van der Waals surface area contributed by atoms with Crippen molar-refractivity contribution < 1.29 is 0 Å². The van der Waals surface area contributed by atoms with Gasteiger partial charge in [0.15, 0.2) is 0 Å². The summed E-state index contributed by atoms with van der Waals surface area (Å²) < 4.78 is 0. The summed E-state index contributed by atoms with van der Waals surface area (Å²) in [5.74, 6) is 1.70. The van der Waals surface area contributed by atoms with Gasteiger partial charge in [-0.1, -0.05) is 40.0 Å². The Morgan fingerprint density at radius 2 is 1.68 bits per heavy atom. The van der Waals surface area contributed by atoms with E-state index in [0.717, 1.165) is 18.4 Å². The van der Waals surface area contributed by atoms with Crippen molar-refractivity contribution in [1.29, 1.82) is 0 Å². The topological polar surface area (TPSA) is 38.0 Å². The molecule has 1 aliphatic rings. The normalized spacial score (nSPS) is 24.6. The van der Waals surface area contributed by atoms with E-state index >= 15 is 0 Å². The molecular formula is C17H36N2. The van der Waals surface area contributed by atoms with Gasteiger partial charge in [-0.3, -0.25) is 0 Å². The average molecular weight is 268 g/mol. The van der Waals surface area contributed by atoms with Crippen molar-refractivity contribution >= 4 is 0 Å².